The molecule has 3 rings (SSSR count). The maximum atomic E-state index is 6.03. The van der Waals surface area contributed by atoms with Gasteiger partial charge in [-0.2, -0.15) is 0 Å². The van der Waals surface area contributed by atoms with Crippen LogP contribution < -0.4 is 5.59 Å². The van der Waals surface area contributed by atoms with E-state index in [0.29, 0.717) is 5.92 Å². The van der Waals surface area contributed by atoms with E-state index in [1.165, 1.54) is 25.7 Å². The molecule has 1 aliphatic carbocycles. The summed E-state index contributed by atoms with van der Waals surface area (Å²) in [5.74, 6) is 1.69. The van der Waals surface area contributed by atoms with E-state index in [-0.39, 0.29) is 18.3 Å². The van der Waals surface area contributed by atoms with Crippen LogP contribution in [0.3, 0.4) is 0 Å². The highest BCUT2D eigenvalue weighted by molar-refractivity contribution is 6.61. The summed E-state index contributed by atoms with van der Waals surface area (Å²) in [5, 5.41) is 0. The predicted octanol–water partition coefficient (Wildman–Crippen LogP) is 2.37. The Morgan fingerprint density at radius 3 is 2.32 bits per heavy atom. The van der Waals surface area contributed by atoms with E-state index in [9.17, 15) is 0 Å². The van der Waals surface area contributed by atoms with E-state index in [2.05, 4.69) is 37.7 Å². The van der Waals surface area contributed by atoms with E-state index in [4.69, 9.17) is 9.31 Å². The van der Waals surface area contributed by atoms with Gasteiger partial charge in [0.25, 0.3) is 0 Å². The van der Waals surface area contributed by atoms with Crippen molar-refractivity contribution >= 4 is 12.7 Å². The molecule has 5 heteroatoms. The fraction of sp³-hybridized carbons (Fsp3) is 0.786. The van der Waals surface area contributed by atoms with Gasteiger partial charge in [-0.3, -0.25) is 0 Å². The monoisotopic (exact) mass is 262 g/mol. The van der Waals surface area contributed by atoms with E-state index in [0.717, 1.165) is 11.4 Å². The van der Waals surface area contributed by atoms with E-state index >= 15 is 0 Å². The van der Waals surface area contributed by atoms with Crippen molar-refractivity contribution in [3.8, 4) is 0 Å². The summed E-state index contributed by atoms with van der Waals surface area (Å²) >= 11 is 0. The zero-order chi connectivity index (χ0) is 13.7. The topological polar surface area (TPSA) is 47.1 Å². The average Bonchev–Trinajstić information content (AvgIpc) is 3.00. The zero-order valence-corrected chi connectivity index (χ0v) is 12.3. The standard InChI is InChI=1S/C14H23BN2O2/c1-13(2)14(3,4)19-15(18-13)11-9-16-12(17-11)10-7-5-6-8-10/h9-10H,5-8H2,1-4H3,(H,16,17). The van der Waals surface area contributed by atoms with Crippen LogP contribution in [0.5, 0.6) is 0 Å². The molecule has 19 heavy (non-hydrogen) atoms. The average molecular weight is 262 g/mol. The first-order valence-electron chi connectivity index (χ1n) is 7.29. The second-order valence-corrected chi connectivity index (χ2v) is 6.79. The van der Waals surface area contributed by atoms with Crippen LogP contribution in [0.4, 0.5) is 0 Å². The number of imidazole rings is 1. The van der Waals surface area contributed by atoms with Crippen molar-refractivity contribution in [3.63, 3.8) is 0 Å². The SMILES string of the molecule is CC1(C)OB(c2cnc(C3CCCC3)[nH]2)OC1(C)C. The van der Waals surface area contributed by atoms with Gasteiger partial charge >= 0.3 is 7.12 Å². The lowest BCUT2D eigenvalue weighted by Crippen LogP contribution is -2.41. The molecule has 2 heterocycles. The molecule has 0 aromatic carbocycles. The summed E-state index contributed by atoms with van der Waals surface area (Å²) in [6.07, 6.45) is 7.00. The van der Waals surface area contributed by atoms with Gasteiger partial charge in [-0.25, -0.2) is 4.98 Å². The summed E-state index contributed by atoms with van der Waals surface area (Å²) in [6.45, 7) is 8.28. The first-order valence-corrected chi connectivity index (χ1v) is 7.29. The molecule has 1 saturated heterocycles. The lowest BCUT2D eigenvalue weighted by molar-refractivity contribution is 0.00578. The number of nitrogens with one attached hydrogen (secondary N) is 1. The molecule has 0 amide bonds. The Bertz CT molecular complexity index is 448. The lowest BCUT2D eigenvalue weighted by atomic mass is 9.86. The summed E-state index contributed by atoms with van der Waals surface area (Å²) in [4.78, 5) is 7.93. The number of aromatic nitrogens is 2. The van der Waals surface area contributed by atoms with Gasteiger partial charge in [-0.05, 0) is 40.5 Å². The Labute approximate surface area is 115 Å². The molecule has 1 saturated carbocycles. The van der Waals surface area contributed by atoms with Gasteiger partial charge in [0.05, 0.1) is 16.8 Å². The smallest absolute Gasteiger partial charge is 0.398 e. The Balaban J connectivity index is 1.77. The minimum Gasteiger partial charge on any atom is -0.398 e. The van der Waals surface area contributed by atoms with E-state index in [1.54, 1.807) is 0 Å². The van der Waals surface area contributed by atoms with Crippen molar-refractivity contribution in [2.45, 2.75) is 70.5 Å². The largest absolute Gasteiger partial charge is 0.513 e. The molecule has 104 valence electrons. The quantitative estimate of drug-likeness (QED) is 0.832. The third-order valence-corrected chi connectivity index (χ3v) is 4.86. The van der Waals surface area contributed by atoms with Gasteiger partial charge in [-0.15, -0.1) is 0 Å². The molecule has 1 aromatic rings. The van der Waals surface area contributed by atoms with Crippen molar-refractivity contribution in [2.24, 2.45) is 0 Å². The fourth-order valence-corrected chi connectivity index (χ4v) is 2.85. The third kappa shape index (κ3) is 2.23. The zero-order valence-electron chi connectivity index (χ0n) is 12.3. The molecule has 0 bridgehead atoms. The molecule has 0 atom stereocenters. The highest BCUT2D eigenvalue weighted by atomic mass is 16.7. The van der Waals surface area contributed by atoms with Gasteiger partial charge in [0, 0.05) is 12.1 Å². The maximum absolute atomic E-state index is 6.03. The van der Waals surface area contributed by atoms with Gasteiger partial charge < -0.3 is 14.3 Å². The van der Waals surface area contributed by atoms with Crippen LogP contribution >= 0.6 is 0 Å². The number of hydrogen-bond acceptors (Lipinski definition) is 3. The number of H-pyrrole nitrogens is 1. The summed E-state index contributed by atoms with van der Waals surface area (Å²) in [5.41, 5.74) is 0.354. The predicted molar refractivity (Wildman–Crippen MR) is 75.5 cm³/mol. The van der Waals surface area contributed by atoms with Crippen molar-refractivity contribution in [2.75, 3.05) is 0 Å². The highest BCUT2D eigenvalue weighted by Gasteiger charge is 2.52. The second-order valence-electron chi connectivity index (χ2n) is 6.79. The molecular formula is C14H23BN2O2. The Hall–Kier alpha value is -0.805. The Morgan fingerprint density at radius 2 is 1.74 bits per heavy atom. The third-order valence-electron chi connectivity index (χ3n) is 4.86. The maximum Gasteiger partial charge on any atom is 0.513 e. The van der Waals surface area contributed by atoms with Crippen LogP contribution in [-0.4, -0.2) is 28.3 Å². The molecule has 0 radical (unpaired) electrons. The molecule has 4 nitrogen and oxygen atoms in total. The molecule has 1 aliphatic heterocycles. The lowest BCUT2D eigenvalue weighted by Gasteiger charge is -2.32. The fourth-order valence-electron chi connectivity index (χ4n) is 2.85. The Morgan fingerprint density at radius 1 is 1.16 bits per heavy atom. The summed E-state index contributed by atoms with van der Waals surface area (Å²) in [7, 11) is -0.326. The van der Waals surface area contributed by atoms with Crippen molar-refractivity contribution in [1.82, 2.24) is 9.97 Å². The molecular weight excluding hydrogens is 239 g/mol. The first kappa shape index (κ1) is 13.2. The van der Waals surface area contributed by atoms with Crippen LogP contribution in [-0.2, 0) is 9.31 Å². The van der Waals surface area contributed by atoms with Crippen LogP contribution in [0.15, 0.2) is 6.20 Å². The van der Waals surface area contributed by atoms with Crippen molar-refractivity contribution in [1.29, 1.82) is 0 Å². The van der Waals surface area contributed by atoms with E-state index in [1.807, 2.05) is 6.20 Å². The van der Waals surface area contributed by atoms with Gasteiger partial charge in [0.1, 0.15) is 5.82 Å². The van der Waals surface area contributed by atoms with Gasteiger partial charge in [0.2, 0.25) is 0 Å². The summed E-state index contributed by atoms with van der Waals surface area (Å²) < 4.78 is 12.1. The van der Waals surface area contributed by atoms with Crippen molar-refractivity contribution < 1.29 is 9.31 Å². The molecule has 1 aromatic heterocycles. The molecule has 2 aliphatic rings. The van der Waals surface area contributed by atoms with Gasteiger partial charge in [-0.1, -0.05) is 12.8 Å². The van der Waals surface area contributed by atoms with Crippen LogP contribution in [0.25, 0.3) is 0 Å². The van der Waals surface area contributed by atoms with E-state index < -0.39 is 0 Å². The van der Waals surface area contributed by atoms with Crippen LogP contribution in [0.1, 0.15) is 65.1 Å². The normalized spacial score (nSPS) is 26.2. The number of nitrogens with zero attached hydrogens (tertiary/aromatic N) is 1. The molecule has 0 unspecified atom stereocenters. The minimum absolute atomic E-state index is 0.295. The number of hydrogen-bond donors (Lipinski definition) is 1. The highest BCUT2D eigenvalue weighted by Crippen LogP contribution is 2.36. The second kappa shape index (κ2) is 4.35. The molecule has 0 spiro atoms. The number of rotatable bonds is 2. The first-order chi connectivity index (χ1) is 8.89. The number of aromatic amines is 1. The van der Waals surface area contributed by atoms with Crippen LogP contribution in [0.2, 0.25) is 0 Å². The van der Waals surface area contributed by atoms with Crippen molar-refractivity contribution in [3.05, 3.63) is 12.0 Å². The Kier molecular flexibility index (Phi) is 3.02. The van der Waals surface area contributed by atoms with Gasteiger partial charge in [0.15, 0.2) is 0 Å². The summed E-state index contributed by atoms with van der Waals surface area (Å²) in [6, 6.07) is 0. The minimum atomic E-state index is -0.326. The molecule has 1 N–H and O–H groups in total. The molecule has 2 fully saturated rings. The van der Waals surface area contributed by atoms with Crippen LogP contribution in [0, 0.1) is 0 Å².